The van der Waals surface area contributed by atoms with Gasteiger partial charge in [0.1, 0.15) is 12.7 Å². The Labute approximate surface area is 506 Å². The van der Waals surface area contributed by atoms with Crippen molar-refractivity contribution in [3.63, 3.8) is 0 Å². The lowest BCUT2D eigenvalue weighted by molar-refractivity contribution is -0.161. The van der Waals surface area contributed by atoms with E-state index >= 15 is 0 Å². The van der Waals surface area contributed by atoms with Gasteiger partial charge in [-0.2, -0.15) is 0 Å². The van der Waals surface area contributed by atoms with Gasteiger partial charge in [0.2, 0.25) is 0 Å². The van der Waals surface area contributed by atoms with Crippen LogP contribution in [0.3, 0.4) is 0 Å². The minimum Gasteiger partial charge on any atom is -0.462 e. The average Bonchev–Trinajstić information content (AvgIpc) is 3.47. The second-order valence-electron chi connectivity index (χ2n) is 24.1. The van der Waals surface area contributed by atoms with Crippen LogP contribution >= 0.6 is 7.82 Å². The third-order valence-corrected chi connectivity index (χ3v) is 16.8. The maximum Gasteiger partial charge on any atom is 0.472 e. The predicted molar refractivity (Wildman–Crippen MR) is 344 cm³/mol. The molecule has 0 aromatic carbocycles. The van der Waals surface area contributed by atoms with Crippen LogP contribution < -0.4 is 0 Å². The second-order valence-corrected chi connectivity index (χ2v) is 25.5. The average molecular weight is 1180 g/mol. The highest BCUT2D eigenvalue weighted by Gasteiger charge is 2.28. The number of unbranched alkanes of at least 4 members (excludes halogenated alkanes) is 46. The summed E-state index contributed by atoms with van der Waals surface area (Å²) < 4.78 is 39.8. The quantitative estimate of drug-likeness (QED) is 0.0197. The summed E-state index contributed by atoms with van der Waals surface area (Å²) in [6.07, 6.45) is 69.8. The SMILES string of the molecule is CCCCC/C=C\C/C=C\CCCCCCCCCC(=O)OCC(COP(=O)(O)OCC(CO)OC(=O)CCCCCCCCCCCCCCCCCCCCC)OC(=O)CCCCCCCCCCCCCCCCCCCCC. The maximum absolute atomic E-state index is 13.0. The van der Waals surface area contributed by atoms with Gasteiger partial charge < -0.3 is 24.2 Å². The number of carbonyl (C=O) groups excluding carboxylic acids is 3. The number of hydrogen-bond acceptors (Lipinski definition) is 10. The molecule has 0 aliphatic carbocycles. The number of phosphoric acid groups is 1. The Bertz CT molecular complexity index is 1470. The van der Waals surface area contributed by atoms with E-state index in [-0.39, 0.29) is 25.9 Å². The zero-order valence-corrected chi connectivity index (χ0v) is 54.9. The van der Waals surface area contributed by atoms with E-state index < -0.39 is 57.8 Å². The fourth-order valence-electron chi connectivity index (χ4n) is 10.5. The molecule has 0 aromatic rings. The van der Waals surface area contributed by atoms with Crippen LogP contribution in [0.15, 0.2) is 24.3 Å². The van der Waals surface area contributed by atoms with Gasteiger partial charge in [0, 0.05) is 19.3 Å². The molecule has 0 fully saturated rings. The number of rotatable bonds is 67. The minimum absolute atomic E-state index is 0.174. The van der Waals surface area contributed by atoms with Crippen molar-refractivity contribution in [1.29, 1.82) is 0 Å². The van der Waals surface area contributed by atoms with Gasteiger partial charge in [-0.3, -0.25) is 23.4 Å². The first-order valence-electron chi connectivity index (χ1n) is 35.2. The molecule has 3 atom stereocenters. The topological polar surface area (TPSA) is 155 Å². The molecule has 0 spiro atoms. The highest BCUT2D eigenvalue weighted by Crippen LogP contribution is 2.43. The molecule has 0 aliphatic rings. The Morgan fingerprint density at radius 3 is 0.927 bits per heavy atom. The van der Waals surface area contributed by atoms with Gasteiger partial charge in [-0.15, -0.1) is 0 Å². The van der Waals surface area contributed by atoms with Crippen molar-refractivity contribution in [2.24, 2.45) is 0 Å². The van der Waals surface area contributed by atoms with E-state index in [1.807, 2.05) is 0 Å². The first-order chi connectivity index (χ1) is 40.2. The predicted octanol–water partition coefficient (Wildman–Crippen LogP) is 21.7. The molecule has 0 aromatic heterocycles. The molecule has 0 rings (SSSR count). The molecule has 12 heteroatoms. The van der Waals surface area contributed by atoms with Crippen LogP contribution in [0.4, 0.5) is 0 Å². The van der Waals surface area contributed by atoms with Crippen molar-refractivity contribution in [3.05, 3.63) is 24.3 Å². The molecule has 11 nitrogen and oxygen atoms in total. The zero-order chi connectivity index (χ0) is 59.8. The van der Waals surface area contributed by atoms with Gasteiger partial charge in [-0.05, 0) is 51.4 Å². The van der Waals surface area contributed by atoms with Crippen molar-refractivity contribution in [3.8, 4) is 0 Å². The molecule has 0 saturated heterocycles. The molecule has 2 N–H and O–H groups in total. The molecule has 82 heavy (non-hydrogen) atoms. The third kappa shape index (κ3) is 62.5. The Kier molecular flexibility index (Phi) is 63.3. The van der Waals surface area contributed by atoms with Crippen LogP contribution in [0, 0.1) is 0 Å². The number of aliphatic hydroxyl groups is 1. The number of phosphoric ester groups is 1. The standard InChI is InChI=1S/C70H133O11P/c1-4-7-10-13-16-19-22-25-28-31-33-36-39-42-45-48-51-54-57-60-69(73)80-66(62-71)64-78-82(75,76)79-65-67(63-77-68(72)59-56-53-50-47-44-41-38-35-30-27-24-21-18-15-12-9-6-3)81-70(74)61-58-55-52-49-46-43-40-37-34-32-29-26-23-20-17-14-11-8-5-2/h18,21,27,30,66-67,71H,4-17,19-20,22-26,28-29,31-65H2,1-3H3,(H,75,76)/b21-18-,30-27-. The van der Waals surface area contributed by atoms with E-state index in [2.05, 4.69) is 45.1 Å². The summed E-state index contributed by atoms with van der Waals surface area (Å²) >= 11 is 0. The first-order valence-corrected chi connectivity index (χ1v) is 36.7. The van der Waals surface area contributed by atoms with Gasteiger partial charge >= 0.3 is 25.7 Å². The lowest BCUT2D eigenvalue weighted by Gasteiger charge is -2.21. The fourth-order valence-corrected chi connectivity index (χ4v) is 11.3. The van der Waals surface area contributed by atoms with Gasteiger partial charge in [-0.25, -0.2) is 4.57 Å². The normalized spacial score (nSPS) is 13.3. The van der Waals surface area contributed by atoms with E-state index in [0.29, 0.717) is 19.3 Å². The van der Waals surface area contributed by atoms with Gasteiger partial charge in [0.15, 0.2) is 6.10 Å². The summed E-state index contributed by atoms with van der Waals surface area (Å²) in [5, 5.41) is 9.88. The number of ether oxygens (including phenoxy) is 3. The van der Waals surface area contributed by atoms with Gasteiger partial charge in [0.05, 0.1) is 19.8 Å². The van der Waals surface area contributed by atoms with Crippen LogP contribution in [-0.4, -0.2) is 66.5 Å². The monoisotopic (exact) mass is 1180 g/mol. The Morgan fingerprint density at radius 2 is 0.598 bits per heavy atom. The molecule has 0 amide bonds. The zero-order valence-electron chi connectivity index (χ0n) is 54.0. The van der Waals surface area contributed by atoms with Crippen LogP contribution in [0.2, 0.25) is 0 Å². The number of carbonyl (C=O) groups is 3. The van der Waals surface area contributed by atoms with Crippen molar-refractivity contribution in [2.45, 2.75) is 380 Å². The third-order valence-electron chi connectivity index (χ3n) is 15.9. The second kappa shape index (κ2) is 64.9. The first kappa shape index (κ1) is 80.0. The van der Waals surface area contributed by atoms with Crippen molar-refractivity contribution in [2.75, 3.05) is 26.4 Å². The molecular weight excluding hydrogens is 1050 g/mol. The Hall–Kier alpha value is -2.04. The number of allylic oxidation sites excluding steroid dienone is 4. The molecular formula is C70H133O11P. The lowest BCUT2D eigenvalue weighted by Crippen LogP contribution is -2.30. The van der Waals surface area contributed by atoms with Crippen LogP contribution in [-0.2, 0) is 42.2 Å². The summed E-state index contributed by atoms with van der Waals surface area (Å²) in [7, 11) is -4.75. The number of aliphatic hydroxyl groups excluding tert-OH is 1. The Balaban J connectivity index is 4.61. The highest BCUT2D eigenvalue weighted by molar-refractivity contribution is 7.47. The van der Waals surface area contributed by atoms with Gasteiger partial charge in [-0.1, -0.05) is 321 Å². The van der Waals surface area contributed by atoms with Crippen molar-refractivity contribution >= 4 is 25.7 Å². The van der Waals surface area contributed by atoms with E-state index in [1.54, 1.807) is 0 Å². The summed E-state index contributed by atoms with van der Waals surface area (Å²) in [5.74, 6) is -1.43. The van der Waals surface area contributed by atoms with Crippen molar-refractivity contribution < 1.29 is 52.2 Å². The molecule has 3 unspecified atom stereocenters. The Morgan fingerprint density at radius 1 is 0.341 bits per heavy atom. The highest BCUT2D eigenvalue weighted by atomic mass is 31.2. The van der Waals surface area contributed by atoms with Crippen molar-refractivity contribution in [1.82, 2.24) is 0 Å². The lowest BCUT2D eigenvalue weighted by atomic mass is 10.0. The number of hydrogen-bond donors (Lipinski definition) is 2. The molecule has 0 bridgehead atoms. The molecule has 0 aliphatic heterocycles. The number of esters is 3. The van der Waals surface area contributed by atoms with Gasteiger partial charge in [0.25, 0.3) is 0 Å². The summed E-state index contributed by atoms with van der Waals surface area (Å²) in [5.41, 5.74) is 0. The molecule has 0 radical (unpaired) electrons. The van der Waals surface area contributed by atoms with E-state index in [0.717, 1.165) is 70.6 Å². The van der Waals surface area contributed by atoms with Crippen LogP contribution in [0.1, 0.15) is 367 Å². The summed E-state index contributed by atoms with van der Waals surface area (Å²) in [4.78, 5) is 48.9. The van der Waals surface area contributed by atoms with Crippen LogP contribution in [0.5, 0.6) is 0 Å². The van der Waals surface area contributed by atoms with Crippen LogP contribution in [0.25, 0.3) is 0 Å². The van der Waals surface area contributed by atoms with E-state index in [9.17, 15) is 28.9 Å². The van der Waals surface area contributed by atoms with E-state index in [4.69, 9.17) is 23.3 Å². The smallest absolute Gasteiger partial charge is 0.462 e. The fraction of sp³-hybridized carbons (Fsp3) is 0.900. The maximum atomic E-state index is 13.0. The molecule has 0 saturated carbocycles. The minimum atomic E-state index is -4.75. The molecule has 484 valence electrons. The van der Waals surface area contributed by atoms with E-state index in [1.165, 1.54) is 238 Å². The summed E-state index contributed by atoms with van der Waals surface area (Å²) in [6.45, 7) is 4.72. The largest absolute Gasteiger partial charge is 0.472 e. The molecule has 0 heterocycles. The summed E-state index contributed by atoms with van der Waals surface area (Å²) in [6, 6.07) is 0.